The number of hydrogen-bond acceptors (Lipinski definition) is 2. The van der Waals surface area contributed by atoms with Gasteiger partial charge in [0.05, 0.1) is 0 Å². The van der Waals surface area contributed by atoms with Crippen LogP contribution in [-0.4, -0.2) is 17.7 Å². The third kappa shape index (κ3) is 3.30. The quantitative estimate of drug-likeness (QED) is 0.541. The maximum absolute atomic E-state index is 5.61. The number of halogens is 1. The summed E-state index contributed by atoms with van der Waals surface area (Å²) in [7, 11) is 0. The highest BCUT2D eigenvalue weighted by atomic mass is 127. The molecule has 10 heavy (non-hydrogen) atoms. The van der Waals surface area contributed by atoms with Crippen LogP contribution in [0.1, 0.15) is 6.42 Å². The van der Waals surface area contributed by atoms with E-state index in [1.807, 2.05) is 11.8 Å². The minimum Gasteiger partial charge on any atom is -1.00 e. The Morgan fingerprint density at radius 2 is 2.40 bits per heavy atom. The van der Waals surface area contributed by atoms with Gasteiger partial charge in [-0.05, 0) is 6.26 Å². The van der Waals surface area contributed by atoms with Crippen molar-refractivity contribution in [1.29, 1.82) is 0 Å². The van der Waals surface area contributed by atoms with Crippen LogP contribution in [0.2, 0.25) is 0 Å². The summed E-state index contributed by atoms with van der Waals surface area (Å²) < 4.78 is 1.35. The van der Waals surface area contributed by atoms with E-state index in [1.54, 1.807) is 11.8 Å². The van der Waals surface area contributed by atoms with Crippen molar-refractivity contribution < 1.29 is 29.4 Å². The van der Waals surface area contributed by atoms with Crippen LogP contribution < -0.4 is 29.4 Å². The summed E-state index contributed by atoms with van der Waals surface area (Å²) in [6.45, 7) is 0. The van der Waals surface area contributed by atoms with Crippen molar-refractivity contribution >= 4 is 29.2 Å². The predicted molar refractivity (Wildman–Crippen MR) is 45.6 cm³/mol. The first kappa shape index (κ1) is 10.8. The summed E-state index contributed by atoms with van der Waals surface area (Å²) in [5.74, 6) is 1.15. The van der Waals surface area contributed by atoms with Gasteiger partial charge in [0.15, 0.2) is 5.71 Å². The molecule has 0 aromatic rings. The zero-order chi connectivity index (χ0) is 6.69. The number of thioether (sulfide) groups is 2. The molecule has 1 aliphatic heterocycles. The largest absolute Gasteiger partial charge is 1.00 e. The normalized spacial score (nSPS) is 17.7. The van der Waals surface area contributed by atoms with E-state index in [2.05, 4.69) is 12.3 Å². The van der Waals surface area contributed by atoms with E-state index in [-0.39, 0.29) is 24.0 Å². The Morgan fingerprint density at radius 3 is 2.80 bits per heavy atom. The fourth-order valence-corrected chi connectivity index (χ4v) is 2.42. The maximum Gasteiger partial charge on any atom is 0.175 e. The van der Waals surface area contributed by atoms with E-state index in [9.17, 15) is 0 Å². The van der Waals surface area contributed by atoms with Gasteiger partial charge < -0.3 is 24.0 Å². The molecule has 4 heteroatoms. The first-order valence-corrected chi connectivity index (χ1v) is 5.04. The molecule has 1 rings (SSSR count). The van der Waals surface area contributed by atoms with Crippen molar-refractivity contribution in [3.8, 4) is 0 Å². The standard InChI is InChI=1S/C6H9NS2.HI/c1-8-6-4-5(7)2-3-9-6;/h4,7H,2-3H2,1H3;1H. The van der Waals surface area contributed by atoms with Crippen molar-refractivity contribution in [3.63, 3.8) is 0 Å². The fraction of sp³-hybridized carbons (Fsp3) is 0.500. The van der Waals surface area contributed by atoms with Crippen molar-refractivity contribution in [2.45, 2.75) is 6.42 Å². The molecule has 0 spiro atoms. The zero-order valence-electron chi connectivity index (χ0n) is 5.76. The van der Waals surface area contributed by atoms with Gasteiger partial charge in [0.25, 0.3) is 0 Å². The monoisotopic (exact) mass is 287 g/mol. The van der Waals surface area contributed by atoms with Gasteiger partial charge in [0.1, 0.15) is 0 Å². The summed E-state index contributed by atoms with van der Waals surface area (Å²) in [4.78, 5) is 0. The van der Waals surface area contributed by atoms with E-state index >= 15 is 0 Å². The highest BCUT2D eigenvalue weighted by Crippen LogP contribution is 2.29. The molecule has 58 valence electrons. The highest BCUT2D eigenvalue weighted by molar-refractivity contribution is 8.22. The second-order valence-electron chi connectivity index (χ2n) is 1.84. The zero-order valence-corrected chi connectivity index (χ0v) is 9.55. The summed E-state index contributed by atoms with van der Waals surface area (Å²) in [5, 5.41) is 5.61. The maximum atomic E-state index is 5.61. The lowest BCUT2D eigenvalue weighted by molar-refractivity contribution is -0.114. The van der Waals surface area contributed by atoms with Crippen LogP contribution in [0.4, 0.5) is 0 Å². The smallest absolute Gasteiger partial charge is 0.175 e. The Balaban J connectivity index is 0.000000810. The van der Waals surface area contributed by atoms with Gasteiger partial charge in [-0.2, -0.15) is 0 Å². The number of rotatable bonds is 1. The summed E-state index contributed by atoms with van der Waals surface area (Å²) >= 11 is 3.66. The van der Waals surface area contributed by atoms with E-state index < -0.39 is 0 Å². The molecule has 1 heterocycles. The first-order valence-electron chi connectivity index (χ1n) is 2.82. The second-order valence-corrected chi connectivity index (χ2v) is 4.08. The molecule has 2 N–H and O–H groups in total. The molecule has 0 bridgehead atoms. The lowest BCUT2D eigenvalue weighted by atomic mass is 10.3. The Labute approximate surface area is 86.9 Å². The summed E-state index contributed by atoms with van der Waals surface area (Å²) in [6.07, 6.45) is 5.20. The van der Waals surface area contributed by atoms with Crippen molar-refractivity contribution in [1.82, 2.24) is 0 Å². The number of hydrogen-bond donors (Lipinski definition) is 1. The molecule has 0 atom stereocenters. The first-order chi connectivity index (χ1) is 4.33. The molecule has 0 amide bonds. The van der Waals surface area contributed by atoms with E-state index in [0.29, 0.717) is 0 Å². The van der Waals surface area contributed by atoms with Gasteiger partial charge >= 0.3 is 0 Å². The molecule has 1 aliphatic rings. The molecule has 1 nitrogen and oxygen atoms in total. The van der Waals surface area contributed by atoms with Crippen LogP contribution in [0.5, 0.6) is 0 Å². The molecule has 0 aromatic carbocycles. The van der Waals surface area contributed by atoms with Crippen LogP contribution in [0.3, 0.4) is 0 Å². The molecule has 0 saturated heterocycles. The highest BCUT2D eigenvalue weighted by Gasteiger charge is 2.09. The SMILES string of the molecule is CSC1=CC(=[NH2+])CCS1.[I-]. The minimum absolute atomic E-state index is 0. The third-order valence-corrected chi connectivity index (χ3v) is 3.32. The van der Waals surface area contributed by atoms with Crippen LogP contribution >= 0.6 is 23.5 Å². The molecule has 0 aliphatic carbocycles. The molecule has 0 unspecified atom stereocenters. The number of allylic oxidation sites excluding steroid dienone is 1. The van der Waals surface area contributed by atoms with Gasteiger partial charge in [0.2, 0.25) is 0 Å². The second kappa shape index (κ2) is 5.49. The topological polar surface area (TPSA) is 25.6 Å². The molecule has 0 saturated carbocycles. The van der Waals surface area contributed by atoms with Gasteiger partial charge in [-0.15, -0.1) is 23.5 Å². The Bertz CT molecular complexity index is 156. The van der Waals surface area contributed by atoms with Gasteiger partial charge in [0, 0.05) is 22.5 Å². The van der Waals surface area contributed by atoms with Crippen molar-refractivity contribution in [2.75, 3.05) is 12.0 Å². The molecule has 0 radical (unpaired) electrons. The van der Waals surface area contributed by atoms with Crippen molar-refractivity contribution in [3.05, 3.63) is 10.3 Å². The molecule has 0 aromatic heterocycles. The lowest BCUT2D eigenvalue weighted by Crippen LogP contribution is -3.00. The summed E-state index contributed by atoms with van der Waals surface area (Å²) in [5.41, 5.74) is 1.03. The lowest BCUT2D eigenvalue weighted by Gasteiger charge is -2.06. The fourth-order valence-electron chi connectivity index (χ4n) is 0.653. The Morgan fingerprint density at radius 1 is 1.70 bits per heavy atom. The Hall–Kier alpha value is 0.840. The average molecular weight is 287 g/mol. The van der Waals surface area contributed by atoms with Crippen LogP contribution in [-0.2, 0) is 0 Å². The van der Waals surface area contributed by atoms with E-state index in [1.165, 1.54) is 4.24 Å². The van der Waals surface area contributed by atoms with Crippen LogP contribution in [0.15, 0.2) is 10.3 Å². The Kier molecular flexibility index (Phi) is 5.95. The van der Waals surface area contributed by atoms with Crippen LogP contribution in [0, 0.1) is 0 Å². The molecular formula is C6H10INS2. The van der Waals surface area contributed by atoms with Crippen molar-refractivity contribution in [2.24, 2.45) is 0 Å². The minimum atomic E-state index is 0. The van der Waals surface area contributed by atoms with E-state index in [4.69, 9.17) is 5.41 Å². The molecule has 0 fully saturated rings. The van der Waals surface area contributed by atoms with Gasteiger partial charge in [-0.25, -0.2) is 0 Å². The molecular weight excluding hydrogens is 277 g/mol. The van der Waals surface area contributed by atoms with Gasteiger partial charge in [-0.1, -0.05) is 0 Å². The summed E-state index contributed by atoms with van der Waals surface area (Å²) in [6, 6.07) is 0. The predicted octanol–water partition coefficient (Wildman–Crippen LogP) is -2.47. The number of nitrogens with two attached hydrogens (primary N) is 1. The average Bonchev–Trinajstić information content (AvgIpc) is 1.88. The third-order valence-electron chi connectivity index (χ3n) is 1.14. The van der Waals surface area contributed by atoms with E-state index in [0.717, 1.165) is 17.9 Å². The van der Waals surface area contributed by atoms with Crippen LogP contribution in [0.25, 0.3) is 0 Å². The van der Waals surface area contributed by atoms with Gasteiger partial charge in [-0.3, -0.25) is 5.41 Å².